The summed E-state index contributed by atoms with van der Waals surface area (Å²) in [6, 6.07) is 0. The van der Waals surface area contributed by atoms with Gasteiger partial charge in [-0.15, -0.1) is 0 Å². The molecule has 0 saturated heterocycles. The normalized spacial score (nSPS) is 10.7. The minimum Gasteiger partial charge on any atom is -0.462 e. The molecule has 0 aromatic carbocycles. The summed E-state index contributed by atoms with van der Waals surface area (Å²) in [7, 11) is -1.92. The van der Waals surface area contributed by atoms with Crippen molar-refractivity contribution in [3.8, 4) is 0 Å². The average Bonchev–Trinajstić information content (AvgIpc) is 2.09. The van der Waals surface area contributed by atoms with Gasteiger partial charge in [-0.3, -0.25) is 4.79 Å². The molecule has 0 atom stereocenters. The monoisotopic (exact) mass is 223 g/mol. The zero-order valence-corrected chi connectivity index (χ0v) is 8.89. The molecule has 0 aromatic rings. The van der Waals surface area contributed by atoms with Crippen LogP contribution in [-0.2, 0) is 24.2 Å². The quantitative estimate of drug-likeness (QED) is 0.364. The molecule has 1 amide bonds. The lowest BCUT2D eigenvalue weighted by molar-refractivity contribution is -0.152. The number of ether oxygens (including phenoxy) is 1. The summed E-state index contributed by atoms with van der Waals surface area (Å²) in [6.07, 6.45) is 1.39. The van der Waals surface area contributed by atoms with Crippen molar-refractivity contribution in [3.05, 3.63) is 0 Å². The number of carbonyl (C=O) groups is 2. The molecule has 0 aliphatic carbocycles. The van der Waals surface area contributed by atoms with Crippen LogP contribution in [0.1, 0.15) is 6.42 Å². The number of esters is 1. The molecule has 0 rings (SSSR count). The van der Waals surface area contributed by atoms with E-state index in [2.05, 4.69) is 10.1 Å². The van der Waals surface area contributed by atoms with Crippen molar-refractivity contribution in [1.29, 1.82) is 0 Å². The number of hydrogen-bond donors (Lipinski definition) is 1. The molecule has 82 valence electrons. The first-order valence-corrected chi connectivity index (χ1v) is 5.96. The van der Waals surface area contributed by atoms with E-state index in [0.717, 1.165) is 13.4 Å². The van der Waals surface area contributed by atoms with Gasteiger partial charge in [-0.05, 0) is 6.42 Å². The zero-order valence-electron chi connectivity index (χ0n) is 8.07. The molecule has 0 saturated carbocycles. The lowest BCUT2D eigenvalue weighted by Gasteiger charge is -2.02. The molecule has 14 heavy (non-hydrogen) atoms. The Morgan fingerprint density at radius 3 is 2.36 bits per heavy atom. The van der Waals surface area contributed by atoms with Crippen LogP contribution in [0, 0.1) is 0 Å². The van der Waals surface area contributed by atoms with Gasteiger partial charge in [-0.2, -0.15) is 0 Å². The van der Waals surface area contributed by atoms with Crippen LogP contribution in [0.3, 0.4) is 0 Å². The summed E-state index contributed by atoms with van der Waals surface area (Å²) in [5.41, 5.74) is 0. The zero-order chi connectivity index (χ0) is 11.2. The SMILES string of the molecule is COC(=O)C(=O)NCCCS(C)(=O)=O. The number of amides is 1. The third-order valence-corrected chi connectivity index (χ3v) is 2.38. The molecule has 6 nitrogen and oxygen atoms in total. The molecular formula is C7H13NO5S. The van der Waals surface area contributed by atoms with Crippen molar-refractivity contribution in [2.24, 2.45) is 0 Å². The molecule has 0 radical (unpaired) electrons. The second-order valence-electron chi connectivity index (χ2n) is 2.73. The van der Waals surface area contributed by atoms with Gasteiger partial charge in [-0.25, -0.2) is 13.2 Å². The Morgan fingerprint density at radius 2 is 1.93 bits per heavy atom. The summed E-state index contributed by atoms with van der Waals surface area (Å²) < 4.78 is 25.5. The van der Waals surface area contributed by atoms with Crippen molar-refractivity contribution in [3.63, 3.8) is 0 Å². The van der Waals surface area contributed by atoms with Gasteiger partial charge in [0.25, 0.3) is 0 Å². The Kier molecular flexibility index (Phi) is 5.14. The summed E-state index contributed by atoms with van der Waals surface area (Å²) in [6.45, 7) is 0.140. The van der Waals surface area contributed by atoms with E-state index in [0.29, 0.717) is 0 Å². The Morgan fingerprint density at radius 1 is 1.36 bits per heavy atom. The Bertz CT molecular complexity index is 308. The highest BCUT2D eigenvalue weighted by atomic mass is 32.2. The van der Waals surface area contributed by atoms with Gasteiger partial charge < -0.3 is 10.1 Å². The van der Waals surface area contributed by atoms with Gasteiger partial charge in [0.1, 0.15) is 9.84 Å². The van der Waals surface area contributed by atoms with Crippen molar-refractivity contribution in [2.75, 3.05) is 25.7 Å². The molecular weight excluding hydrogens is 210 g/mol. The van der Waals surface area contributed by atoms with E-state index < -0.39 is 21.7 Å². The van der Waals surface area contributed by atoms with Gasteiger partial charge in [0, 0.05) is 12.8 Å². The van der Waals surface area contributed by atoms with E-state index in [-0.39, 0.29) is 18.7 Å². The molecule has 0 heterocycles. The predicted octanol–water partition coefficient (Wildman–Crippen LogP) is -1.29. The van der Waals surface area contributed by atoms with Crippen LogP contribution in [0.4, 0.5) is 0 Å². The molecule has 7 heteroatoms. The van der Waals surface area contributed by atoms with E-state index >= 15 is 0 Å². The number of methoxy groups -OCH3 is 1. The standard InChI is InChI=1S/C7H13NO5S/c1-13-7(10)6(9)8-4-3-5-14(2,11)12/h3-5H2,1-2H3,(H,8,9). The van der Waals surface area contributed by atoms with Crippen molar-refractivity contribution >= 4 is 21.7 Å². The highest BCUT2D eigenvalue weighted by molar-refractivity contribution is 7.90. The molecule has 0 aliphatic rings. The van der Waals surface area contributed by atoms with E-state index in [1.54, 1.807) is 0 Å². The van der Waals surface area contributed by atoms with Crippen LogP contribution < -0.4 is 5.32 Å². The fraction of sp³-hybridized carbons (Fsp3) is 0.714. The van der Waals surface area contributed by atoms with Crippen molar-refractivity contribution in [1.82, 2.24) is 5.32 Å². The number of sulfone groups is 1. The van der Waals surface area contributed by atoms with Gasteiger partial charge in [0.05, 0.1) is 12.9 Å². The van der Waals surface area contributed by atoms with Crippen LogP contribution in [0.2, 0.25) is 0 Å². The van der Waals surface area contributed by atoms with E-state index in [9.17, 15) is 18.0 Å². The van der Waals surface area contributed by atoms with Gasteiger partial charge in [0.15, 0.2) is 0 Å². The summed E-state index contributed by atoms with van der Waals surface area (Å²) >= 11 is 0. The van der Waals surface area contributed by atoms with Gasteiger partial charge >= 0.3 is 11.9 Å². The molecule has 0 spiro atoms. The van der Waals surface area contributed by atoms with E-state index in [1.807, 2.05) is 0 Å². The van der Waals surface area contributed by atoms with Crippen LogP contribution in [-0.4, -0.2) is 46.0 Å². The fourth-order valence-corrected chi connectivity index (χ4v) is 1.37. The number of hydrogen-bond acceptors (Lipinski definition) is 5. The van der Waals surface area contributed by atoms with Crippen LogP contribution in [0.5, 0.6) is 0 Å². The maximum atomic E-state index is 10.8. The molecule has 0 fully saturated rings. The van der Waals surface area contributed by atoms with E-state index in [4.69, 9.17) is 0 Å². The summed E-state index contributed by atoms with van der Waals surface area (Å²) in [4.78, 5) is 21.3. The largest absolute Gasteiger partial charge is 0.462 e. The maximum absolute atomic E-state index is 10.8. The second-order valence-corrected chi connectivity index (χ2v) is 4.99. The topological polar surface area (TPSA) is 89.5 Å². The fourth-order valence-electron chi connectivity index (χ4n) is 0.701. The van der Waals surface area contributed by atoms with Crippen LogP contribution >= 0.6 is 0 Å². The first-order valence-electron chi connectivity index (χ1n) is 3.90. The molecule has 0 unspecified atom stereocenters. The van der Waals surface area contributed by atoms with Gasteiger partial charge in [-0.1, -0.05) is 0 Å². The first kappa shape index (κ1) is 12.9. The lowest BCUT2D eigenvalue weighted by atomic mass is 10.4. The minimum absolute atomic E-state index is 0.0194. The molecule has 0 aromatic heterocycles. The maximum Gasteiger partial charge on any atom is 0.396 e. The summed E-state index contributed by atoms with van der Waals surface area (Å²) in [5.74, 6) is -1.86. The third kappa shape index (κ3) is 6.41. The lowest BCUT2D eigenvalue weighted by Crippen LogP contribution is -2.33. The highest BCUT2D eigenvalue weighted by Gasteiger charge is 2.12. The predicted molar refractivity (Wildman–Crippen MR) is 49.4 cm³/mol. The van der Waals surface area contributed by atoms with Crippen LogP contribution in [0.15, 0.2) is 0 Å². The Hall–Kier alpha value is -1.11. The number of carbonyl (C=O) groups excluding carboxylic acids is 2. The Labute approximate surface area is 82.5 Å². The number of rotatable bonds is 4. The Balaban J connectivity index is 3.66. The second kappa shape index (κ2) is 5.58. The first-order chi connectivity index (χ1) is 6.37. The van der Waals surface area contributed by atoms with E-state index in [1.165, 1.54) is 0 Å². The molecule has 0 bridgehead atoms. The summed E-state index contributed by atoms with van der Waals surface area (Å²) in [5, 5.41) is 2.23. The van der Waals surface area contributed by atoms with Crippen molar-refractivity contribution < 1.29 is 22.7 Å². The molecule has 0 aliphatic heterocycles. The molecule has 1 N–H and O–H groups in total. The third-order valence-electron chi connectivity index (χ3n) is 1.35. The number of nitrogens with one attached hydrogen (secondary N) is 1. The minimum atomic E-state index is -3.02. The average molecular weight is 223 g/mol. The van der Waals surface area contributed by atoms with Crippen molar-refractivity contribution in [2.45, 2.75) is 6.42 Å². The smallest absolute Gasteiger partial charge is 0.396 e. The van der Waals surface area contributed by atoms with Crippen LogP contribution in [0.25, 0.3) is 0 Å². The highest BCUT2D eigenvalue weighted by Crippen LogP contribution is 1.87. The van der Waals surface area contributed by atoms with Gasteiger partial charge in [0.2, 0.25) is 0 Å².